The molecule has 12 nitrogen and oxygen atoms in total. The molecule has 3 aromatic carbocycles. The molecule has 210 valence electrons. The van der Waals surface area contributed by atoms with Gasteiger partial charge < -0.3 is 18.9 Å². The Kier molecular flexibility index (Phi) is 10.2. The molecule has 0 aliphatic heterocycles. The third-order valence-electron chi connectivity index (χ3n) is 5.63. The van der Waals surface area contributed by atoms with Crippen molar-refractivity contribution in [2.75, 3.05) is 14.2 Å². The van der Waals surface area contributed by atoms with Crippen LogP contribution < -0.4 is 9.47 Å². The topological polar surface area (TPSA) is 157 Å². The lowest BCUT2D eigenvalue weighted by atomic mass is 10.1. The minimum Gasteiger partial charge on any atom is -0.496 e. The standard InChI is InChI=1S/C26H22Cl2N2O10/c1-37-21-11-18(14-40-26(32)24(28)16-5-9-20(10-6-16)30(35)36)22(38-2)12-17(21)13-39-25(31)23(27)15-3-7-19(8-4-15)29(33)34/h3-12,23-24H,13-14H2,1-2H3. The summed E-state index contributed by atoms with van der Waals surface area (Å²) in [6, 6.07) is 13.5. The molecular weight excluding hydrogens is 571 g/mol. The summed E-state index contributed by atoms with van der Waals surface area (Å²) in [5, 5.41) is 19.2. The molecule has 0 saturated carbocycles. The van der Waals surface area contributed by atoms with Crippen LogP contribution in [0.15, 0.2) is 60.7 Å². The maximum absolute atomic E-state index is 12.5. The zero-order valence-electron chi connectivity index (χ0n) is 21.1. The summed E-state index contributed by atoms with van der Waals surface area (Å²) >= 11 is 12.4. The summed E-state index contributed by atoms with van der Waals surface area (Å²) in [7, 11) is 2.79. The van der Waals surface area contributed by atoms with Crippen molar-refractivity contribution in [1.29, 1.82) is 0 Å². The van der Waals surface area contributed by atoms with Gasteiger partial charge in [-0.3, -0.25) is 29.8 Å². The second-order valence-electron chi connectivity index (χ2n) is 8.11. The fourth-order valence-corrected chi connectivity index (χ4v) is 3.91. The number of methoxy groups -OCH3 is 2. The maximum Gasteiger partial charge on any atom is 0.328 e. The lowest BCUT2D eigenvalue weighted by molar-refractivity contribution is -0.385. The molecule has 0 N–H and O–H groups in total. The first-order chi connectivity index (χ1) is 19.0. The van der Waals surface area contributed by atoms with Crippen LogP contribution in [0.5, 0.6) is 11.5 Å². The van der Waals surface area contributed by atoms with E-state index in [9.17, 15) is 29.8 Å². The number of carbonyl (C=O) groups excluding carboxylic acids is 2. The van der Waals surface area contributed by atoms with E-state index in [0.717, 1.165) is 0 Å². The Labute approximate surface area is 237 Å². The number of esters is 2. The molecule has 0 spiro atoms. The van der Waals surface area contributed by atoms with Gasteiger partial charge in [0.15, 0.2) is 10.8 Å². The van der Waals surface area contributed by atoms with Gasteiger partial charge in [-0.05, 0) is 23.3 Å². The van der Waals surface area contributed by atoms with Crippen LogP contribution in [0, 0.1) is 20.2 Å². The minimum atomic E-state index is -1.20. The van der Waals surface area contributed by atoms with E-state index in [2.05, 4.69) is 0 Å². The molecule has 14 heteroatoms. The number of nitrogens with zero attached hydrogens (tertiary/aromatic N) is 2. The largest absolute Gasteiger partial charge is 0.496 e. The second kappa shape index (κ2) is 13.6. The molecule has 0 fully saturated rings. The molecule has 40 heavy (non-hydrogen) atoms. The normalized spacial score (nSPS) is 12.1. The predicted octanol–water partition coefficient (Wildman–Crippen LogP) is 5.57. The van der Waals surface area contributed by atoms with Crippen LogP contribution in [0.3, 0.4) is 0 Å². The lowest BCUT2D eigenvalue weighted by Crippen LogP contribution is -2.13. The quantitative estimate of drug-likeness (QED) is 0.113. The first-order valence-electron chi connectivity index (χ1n) is 11.4. The maximum atomic E-state index is 12.5. The average molecular weight is 593 g/mol. The van der Waals surface area contributed by atoms with E-state index in [4.69, 9.17) is 42.1 Å². The van der Waals surface area contributed by atoms with Crippen LogP contribution in [-0.2, 0) is 32.3 Å². The molecular formula is C26H22Cl2N2O10. The number of nitro groups is 2. The van der Waals surface area contributed by atoms with Crippen molar-refractivity contribution in [2.24, 2.45) is 0 Å². The van der Waals surface area contributed by atoms with Crippen molar-refractivity contribution < 1.29 is 38.4 Å². The number of benzene rings is 3. The molecule has 0 amide bonds. The molecule has 3 rings (SSSR count). The number of non-ortho nitro benzene ring substituents is 2. The van der Waals surface area contributed by atoms with Crippen LogP contribution in [-0.4, -0.2) is 36.0 Å². The van der Waals surface area contributed by atoms with Gasteiger partial charge in [0, 0.05) is 35.4 Å². The van der Waals surface area contributed by atoms with E-state index in [1.807, 2.05) is 0 Å². The van der Waals surface area contributed by atoms with Crippen LogP contribution in [0.2, 0.25) is 0 Å². The zero-order chi connectivity index (χ0) is 29.4. The Morgan fingerprint density at radius 1 is 0.700 bits per heavy atom. The van der Waals surface area contributed by atoms with Crippen molar-refractivity contribution in [3.63, 3.8) is 0 Å². The summed E-state index contributed by atoms with van der Waals surface area (Å²) in [4.78, 5) is 45.5. The molecule has 3 aromatic rings. The van der Waals surface area contributed by atoms with Gasteiger partial charge in [-0.15, -0.1) is 23.2 Å². The molecule has 2 atom stereocenters. The Hall–Kier alpha value is -4.42. The number of carbonyl (C=O) groups is 2. The third-order valence-corrected chi connectivity index (χ3v) is 6.49. The minimum absolute atomic E-state index is 0.142. The number of rotatable bonds is 12. The molecule has 0 aromatic heterocycles. The number of alkyl halides is 2. The van der Waals surface area contributed by atoms with Gasteiger partial charge in [0.1, 0.15) is 24.7 Å². The van der Waals surface area contributed by atoms with E-state index in [0.29, 0.717) is 33.8 Å². The zero-order valence-corrected chi connectivity index (χ0v) is 22.6. The number of halogens is 2. The first kappa shape index (κ1) is 30.1. The highest BCUT2D eigenvalue weighted by atomic mass is 35.5. The smallest absolute Gasteiger partial charge is 0.328 e. The van der Waals surface area contributed by atoms with Crippen LogP contribution in [0.4, 0.5) is 11.4 Å². The highest BCUT2D eigenvalue weighted by Gasteiger charge is 2.23. The van der Waals surface area contributed by atoms with Crippen molar-refractivity contribution in [2.45, 2.75) is 24.0 Å². The predicted molar refractivity (Wildman–Crippen MR) is 143 cm³/mol. The van der Waals surface area contributed by atoms with Crippen LogP contribution in [0.25, 0.3) is 0 Å². The molecule has 0 saturated heterocycles. The summed E-state index contributed by atoms with van der Waals surface area (Å²) < 4.78 is 21.4. The van der Waals surface area contributed by atoms with Gasteiger partial charge >= 0.3 is 11.9 Å². The average Bonchev–Trinajstić information content (AvgIpc) is 2.97. The van der Waals surface area contributed by atoms with Gasteiger partial charge in [0.05, 0.1) is 24.1 Å². The van der Waals surface area contributed by atoms with E-state index >= 15 is 0 Å². The SMILES string of the molecule is COc1cc(COC(=O)C(Cl)c2ccc([N+](=O)[O-])cc2)c(OC)cc1COC(=O)C(Cl)c1ccc([N+](=O)[O-])cc1. The van der Waals surface area contributed by atoms with E-state index < -0.39 is 32.5 Å². The molecule has 0 bridgehead atoms. The second-order valence-corrected chi connectivity index (χ2v) is 8.99. The lowest BCUT2D eigenvalue weighted by Gasteiger charge is -2.17. The van der Waals surface area contributed by atoms with E-state index in [1.54, 1.807) is 12.1 Å². The summed E-state index contributed by atoms with van der Waals surface area (Å²) in [5.74, 6) is -0.958. The summed E-state index contributed by atoms with van der Waals surface area (Å²) in [6.45, 7) is -0.475. The fourth-order valence-electron chi connectivity index (χ4n) is 3.50. The molecule has 0 radical (unpaired) electrons. The number of hydrogen-bond donors (Lipinski definition) is 0. The highest BCUT2D eigenvalue weighted by molar-refractivity contribution is 6.30. The van der Waals surface area contributed by atoms with Gasteiger partial charge in [0.2, 0.25) is 0 Å². The highest BCUT2D eigenvalue weighted by Crippen LogP contribution is 2.32. The Balaban J connectivity index is 1.66. The van der Waals surface area contributed by atoms with Crippen molar-refractivity contribution in [3.8, 4) is 11.5 Å². The summed E-state index contributed by atoms with van der Waals surface area (Å²) in [6.07, 6.45) is 0. The monoisotopic (exact) mass is 592 g/mol. The number of nitro benzene ring substituents is 2. The van der Waals surface area contributed by atoms with Gasteiger partial charge in [-0.25, -0.2) is 0 Å². The fraction of sp³-hybridized carbons (Fsp3) is 0.231. The van der Waals surface area contributed by atoms with Crippen molar-refractivity contribution in [1.82, 2.24) is 0 Å². The Bertz CT molecular complexity index is 1290. The van der Waals surface area contributed by atoms with Crippen molar-refractivity contribution in [3.05, 3.63) is 103 Å². The number of hydrogen-bond acceptors (Lipinski definition) is 10. The number of ether oxygens (including phenoxy) is 4. The summed E-state index contributed by atoms with van der Waals surface area (Å²) in [5.41, 5.74) is 1.22. The molecule has 0 aliphatic carbocycles. The van der Waals surface area contributed by atoms with Gasteiger partial charge in [0.25, 0.3) is 11.4 Å². The molecule has 0 heterocycles. The Morgan fingerprint density at radius 3 is 1.30 bits per heavy atom. The Morgan fingerprint density at radius 2 is 1.02 bits per heavy atom. The van der Waals surface area contributed by atoms with Crippen molar-refractivity contribution >= 4 is 46.5 Å². The van der Waals surface area contributed by atoms with Crippen LogP contribution in [0.1, 0.15) is 33.0 Å². The molecule has 2 unspecified atom stereocenters. The van der Waals surface area contributed by atoms with E-state index in [-0.39, 0.29) is 24.6 Å². The van der Waals surface area contributed by atoms with Crippen LogP contribution >= 0.6 is 23.2 Å². The third kappa shape index (κ3) is 7.36. The van der Waals surface area contributed by atoms with E-state index in [1.165, 1.54) is 62.8 Å². The first-order valence-corrected chi connectivity index (χ1v) is 12.3. The van der Waals surface area contributed by atoms with Gasteiger partial charge in [-0.1, -0.05) is 24.3 Å². The molecule has 0 aliphatic rings. The van der Waals surface area contributed by atoms with Gasteiger partial charge in [-0.2, -0.15) is 0 Å².